The van der Waals surface area contributed by atoms with Gasteiger partial charge in [0.15, 0.2) is 5.82 Å². The molecule has 1 N–H and O–H groups in total. The lowest BCUT2D eigenvalue weighted by molar-refractivity contribution is 0.788. The maximum Gasteiger partial charge on any atom is 0.153 e. The Balaban J connectivity index is 2.03. The summed E-state index contributed by atoms with van der Waals surface area (Å²) in [5.41, 5.74) is 0.968. The van der Waals surface area contributed by atoms with Gasteiger partial charge in [0, 0.05) is 25.0 Å². The van der Waals surface area contributed by atoms with Crippen LogP contribution in [0.1, 0.15) is 5.69 Å². The number of rotatable bonds is 0. The topological polar surface area (TPSA) is 62.5 Å². The monoisotopic (exact) mass is 187 g/mol. The van der Waals surface area contributed by atoms with Gasteiger partial charge in [-0.1, -0.05) is 0 Å². The van der Waals surface area contributed by atoms with Crippen LogP contribution in [0.3, 0.4) is 0 Å². The molecule has 0 radical (unpaired) electrons. The minimum Gasteiger partial charge on any atom is -0.325 e. The maximum absolute atomic E-state index is 4.36. The van der Waals surface area contributed by atoms with E-state index in [0.29, 0.717) is 6.54 Å². The molecule has 0 spiro atoms. The highest BCUT2D eigenvalue weighted by molar-refractivity contribution is 6.03. The third-order valence-electron chi connectivity index (χ3n) is 2.35. The number of amidine groups is 1. The summed E-state index contributed by atoms with van der Waals surface area (Å²) in [4.78, 5) is 17.2. The molecule has 5 nitrogen and oxygen atoms in total. The molecule has 0 amide bonds. The zero-order valence-electron chi connectivity index (χ0n) is 7.51. The van der Waals surface area contributed by atoms with Crippen molar-refractivity contribution in [3.63, 3.8) is 0 Å². The van der Waals surface area contributed by atoms with Crippen molar-refractivity contribution >= 4 is 17.9 Å². The lowest BCUT2D eigenvalue weighted by Gasteiger charge is -2.24. The largest absolute Gasteiger partial charge is 0.325 e. The van der Waals surface area contributed by atoms with Gasteiger partial charge >= 0.3 is 0 Å². The molecule has 3 heterocycles. The van der Waals surface area contributed by atoms with Gasteiger partial charge in [0.05, 0.1) is 12.2 Å². The van der Waals surface area contributed by atoms with Crippen molar-refractivity contribution in [2.45, 2.75) is 12.5 Å². The molecule has 3 rings (SSSR count). The summed E-state index contributed by atoms with van der Waals surface area (Å²) >= 11 is 0. The van der Waals surface area contributed by atoms with Gasteiger partial charge in [0.1, 0.15) is 11.9 Å². The van der Waals surface area contributed by atoms with Gasteiger partial charge in [-0.15, -0.1) is 0 Å². The molecule has 0 fully saturated rings. The molecule has 0 saturated carbocycles. The van der Waals surface area contributed by atoms with Crippen LogP contribution in [0.5, 0.6) is 0 Å². The second kappa shape index (κ2) is 2.87. The van der Waals surface area contributed by atoms with Crippen LogP contribution in [0.2, 0.25) is 0 Å². The van der Waals surface area contributed by atoms with E-state index in [-0.39, 0.29) is 6.04 Å². The fourth-order valence-corrected chi connectivity index (χ4v) is 1.69. The Labute approximate surface area is 81.0 Å². The van der Waals surface area contributed by atoms with E-state index < -0.39 is 0 Å². The molecule has 2 aliphatic heterocycles. The summed E-state index contributed by atoms with van der Waals surface area (Å²) < 4.78 is 0. The third-order valence-corrected chi connectivity index (χ3v) is 2.35. The molecular formula is C9H9N5. The Morgan fingerprint density at radius 2 is 2.21 bits per heavy atom. The smallest absolute Gasteiger partial charge is 0.153 e. The average molecular weight is 187 g/mol. The Bertz CT molecular complexity index is 423. The average Bonchev–Trinajstić information content (AvgIpc) is 2.26. The van der Waals surface area contributed by atoms with E-state index in [2.05, 4.69) is 25.3 Å². The van der Waals surface area contributed by atoms with Crippen LogP contribution in [0.25, 0.3) is 0 Å². The zero-order valence-corrected chi connectivity index (χ0v) is 7.51. The minimum absolute atomic E-state index is 0.118. The fraction of sp³-hybridized carbons (Fsp3) is 0.333. The van der Waals surface area contributed by atoms with Crippen LogP contribution in [-0.4, -0.2) is 34.6 Å². The highest BCUT2D eigenvalue weighted by Crippen LogP contribution is 2.20. The van der Waals surface area contributed by atoms with Crippen LogP contribution in [0.15, 0.2) is 22.4 Å². The molecule has 1 unspecified atom stereocenters. The Hall–Kier alpha value is -1.78. The fourth-order valence-electron chi connectivity index (χ4n) is 1.69. The van der Waals surface area contributed by atoms with Gasteiger partial charge in [-0.25, -0.2) is 4.98 Å². The van der Waals surface area contributed by atoms with Crippen molar-refractivity contribution in [1.29, 1.82) is 0 Å². The molecule has 1 aromatic heterocycles. The highest BCUT2D eigenvalue weighted by atomic mass is 15.1. The first-order valence-corrected chi connectivity index (χ1v) is 4.56. The first kappa shape index (κ1) is 7.61. The lowest BCUT2D eigenvalue weighted by Crippen LogP contribution is -2.36. The standard InChI is InChI=1S/C9H9N5/c1-3-12-8-6(10-1)5-7-9(14-8)13-4-2-11-7/h1-3,7H,4-5H2,(H,12,13,14). The molecule has 0 aromatic carbocycles. The van der Waals surface area contributed by atoms with Crippen molar-refractivity contribution in [2.75, 3.05) is 11.9 Å². The van der Waals surface area contributed by atoms with E-state index in [4.69, 9.17) is 0 Å². The van der Waals surface area contributed by atoms with E-state index in [9.17, 15) is 0 Å². The predicted molar refractivity (Wildman–Crippen MR) is 53.9 cm³/mol. The highest BCUT2D eigenvalue weighted by Gasteiger charge is 2.25. The quantitative estimate of drug-likeness (QED) is 0.635. The van der Waals surface area contributed by atoms with Crippen molar-refractivity contribution in [2.24, 2.45) is 9.98 Å². The first-order valence-electron chi connectivity index (χ1n) is 4.56. The summed E-state index contributed by atoms with van der Waals surface area (Å²) in [6, 6.07) is 0.118. The van der Waals surface area contributed by atoms with Crippen LogP contribution < -0.4 is 5.32 Å². The van der Waals surface area contributed by atoms with Gasteiger partial charge in [-0.3, -0.25) is 15.0 Å². The van der Waals surface area contributed by atoms with Crippen LogP contribution >= 0.6 is 0 Å². The Kier molecular flexibility index (Phi) is 1.56. The van der Waals surface area contributed by atoms with Gasteiger partial charge in [-0.2, -0.15) is 0 Å². The van der Waals surface area contributed by atoms with Crippen molar-refractivity contribution < 1.29 is 0 Å². The van der Waals surface area contributed by atoms with Gasteiger partial charge in [0.25, 0.3) is 0 Å². The van der Waals surface area contributed by atoms with E-state index >= 15 is 0 Å². The molecule has 0 saturated heterocycles. The van der Waals surface area contributed by atoms with Crippen molar-refractivity contribution in [3.05, 3.63) is 18.1 Å². The van der Waals surface area contributed by atoms with E-state index in [1.165, 1.54) is 0 Å². The minimum atomic E-state index is 0.118. The number of fused-ring (bicyclic) bond motifs is 2. The first-order chi connectivity index (χ1) is 6.93. The van der Waals surface area contributed by atoms with Crippen molar-refractivity contribution in [1.82, 2.24) is 9.97 Å². The van der Waals surface area contributed by atoms with E-state index in [0.717, 1.165) is 23.8 Å². The summed E-state index contributed by atoms with van der Waals surface area (Å²) in [6.45, 7) is 0.661. The summed E-state index contributed by atoms with van der Waals surface area (Å²) in [5.74, 6) is 1.74. The number of anilines is 1. The molecule has 0 bridgehead atoms. The Morgan fingerprint density at radius 3 is 3.21 bits per heavy atom. The van der Waals surface area contributed by atoms with E-state index in [1.807, 2.05) is 6.21 Å². The summed E-state index contributed by atoms with van der Waals surface area (Å²) in [5, 5.41) is 3.16. The predicted octanol–water partition coefficient (Wildman–Crippen LogP) is 0.296. The normalized spacial score (nSPS) is 23.1. The molecular weight excluding hydrogens is 178 g/mol. The number of hydrogen-bond acceptors (Lipinski definition) is 5. The van der Waals surface area contributed by atoms with Gasteiger partial charge in [-0.05, 0) is 0 Å². The molecule has 1 atom stereocenters. The second-order valence-electron chi connectivity index (χ2n) is 3.25. The second-order valence-corrected chi connectivity index (χ2v) is 3.25. The third kappa shape index (κ3) is 1.09. The summed E-state index contributed by atoms with van der Waals surface area (Å²) in [6.07, 6.45) is 6.02. The Morgan fingerprint density at radius 1 is 1.29 bits per heavy atom. The number of nitrogens with one attached hydrogen (secondary N) is 1. The molecule has 70 valence electrons. The van der Waals surface area contributed by atoms with Crippen molar-refractivity contribution in [3.8, 4) is 0 Å². The number of nitrogens with zero attached hydrogens (tertiary/aromatic N) is 4. The number of aromatic nitrogens is 2. The molecule has 1 aromatic rings. The van der Waals surface area contributed by atoms with Gasteiger partial charge in [0.2, 0.25) is 0 Å². The summed E-state index contributed by atoms with van der Waals surface area (Å²) in [7, 11) is 0. The molecule has 0 aliphatic carbocycles. The van der Waals surface area contributed by atoms with Gasteiger partial charge < -0.3 is 5.32 Å². The SMILES string of the molecule is C1=NC2Cc3nccnc3NC2=NC1. The number of hydrogen-bond donors (Lipinski definition) is 1. The van der Waals surface area contributed by atoms with Crippen LogP contribution in [-0.2, 0) is 6.42 Å². The zero-order chi connectivity index (χ0) is 9.38. The number of aliphatic imine (C=N–C) groups is 2. The maximum atomic E-state index is 4.36. The molecule has 5 heteroatoms. The molecule has 14 heavy (non-hydrogen) atoms. The van der Waals surface area contributed by atoms with Crippen LogP contribution in [0, 0.1) is 0 Å². The molecule has 2 aliphatic rings. The van der Waals surface area contributed by atoms with Crippen LogP contribution in [0.4, 0.5) is 5.82 Å². The van der Waals surface area contributed by atoms with E-state index in [1.54, 1.807) is 12.4 Å². The lowest BCUT2D eigenvalue weighted by atomic mass is 10.1.